The molecule has 0 aliphatic carbocycles. The summed E-state index contributed by atoms with van der Waals surface area (Å²) in [6.45, 7) is 7.11. The van der Waals surface area contributed by atoms with E-state index in [-0.39, 0.29) is 11.8 Å². The first kappa shape index (κ1) is 23.5. The summed E-state index contributed by atoms with van der Waals surface area (Å²) in [5.41, 5.74) is 3.37. The van der Waals surface area contributed by atoms with Crippen LogP contribution in [0.5, 0.6) is 0 Å². The molecule has 0 unspecified atom stereocenters. The molecule has 0 fully saturated rings. The molecule has 1 N–H and O–H groups in total. The van der Waals surface area contributed by atoms with E-state index in [1.165, 1.54) is 10.8 Å². The van der Waals surface area contributed by atoms with Crippen molar-refractivity contribution in [3.63, 3.8) is 0 Å². The molecular weight excluding hydrogens is 396 g/mol. The highest BCUT2D eigenvalue weighted by Crippen LogP contribution is 2.21. The number of amides is 2. The number of carbonyl (C=O) groups is 2. The molecule has 1 atom stereocenters. The molecule has 0 heterocycles. The molecule has 4 heteroatoms. The van der Waals surface area contributed by atoms with E-state index in [0.717, 1.165) is 23.1 Å². The molecule has 168 valence electrons. The summed E-state index contributed by atoms with van der Waals surface area (Å²) in [6, 6.07) is 22.1. The molecule has 3 aromatic rings. The van der Waals surface area contributed by atoms with Crippen LogP contribution in [-0.4, -0.2) is 29.3 Å². The van der Waals surface area contributed by atoms with E-state index in [4.69, 9.17) is 0 Å². The Bertz CT molecular complexity index is 1050. The second kappa shape index (κ2) is 11.5. The van der Waals surface area contributed by atoms with Gasteiger partial charge in [-0.25, -0.2) is 0 Å². The molecule has 0 radical (unpaired) electrons. The molecule has 0 spiro atoms. The van der Waals surface area contributed by atoms with Gasteiger partial charge in [0.15, 0.2) is 0 Å². The maximum atomic E-state index is 13.5. The second-order valence-electron chi connectivity index (χ2n) is 8.30. The van der Waals surface area contributed by atoms with Gasteiger partial charge in [0.05, 0.1) is 0 Å². The van der Waals surface area contributed by atoms with Crippen LogP contribution in [0.1, 0.15) is 49.8 Å². The fourth-order valence-electron chi connectivity index (χ4n) is 4.15. The van der Waals surface area contributed by atoms with Gasteiger partial charge in [-0.3, -0.25) is 9.59 Å². The number of hydrogen-bond acceptors (Lipinski definition) is 2. The number of nitrogens with zero attached hydrogens (tertiary/aromatic N) is 1. The van der Waals surface area contributed by atoms with Crippen LogP contribution in [0.25, 0.3) is 10.8 Å². The molecule has 3 aromatic carbocycles. The first-order valence-corrected chi connectivity index (χ1v) is 11.6. The summed E-state index contributed by atoms with van der Waals surface area (Å²) in [5, 5.41) is 5.35. The molecule has 0 aliphatic rings. The standard InChI is InChI=1S/C28H34N2O2/c1-4-19-29-28(32)26(5-2)30(20-24-13-7-6-11-21(24)3)27(31)18-17-23-15-10-14-22-12-8-9-16-25(22)23/h6-16,26H,4-5,17-20H2,1-3H3,(H,29,32)/t26-/m0/s1. The second-order valence-corrected chi connectivity index (χ2v) is 8.30. The van der Waals surface area contributed by atoms with Gasteiger partial charge < -0.3 is 10.2 Å². The molecule has 32 heavy (non-hydrogen) atoms. The minimum atomic E-state index is -0.471. The van der Waals surface area contributed by atoms with E-state index in [9.17, 15) is 9.59 Å². The van der Waals surface area contributed by atoms with Crippen LogP contribution in [0, 0.1) is 6.92 Å². The van der Waals surface area contributed by atoms with Gasteiger partial charge in [-0.15, -0.1) is 0 Å². The lowest BCUT2D eigenvalue weighted by Gasteiger charge is -2.31. The van der Waals surface area contributed by atoms with Crippen molar-refractivity contribution in [2.45, 2.75) is 59.0 Å². The van der Waals surface area contributed by atoms with Crippen LogP contribution >= 0.6 is 0 Å². The molecule has 0 bridgehead atoms. The third kappa shape index (κ3) is 5.76. The summed E-state index contributed by atoms with van der Waals surface area (Å²) in [7, 11) is 0. The van der Waals surface area contributed by atoms with Crippen molar-refractivity contribution in [3.05, 3.63) is 83.4 Å². The van der Waals surface area contributed by atoms with Crippen LogP contribution in [0.2, 0.25) is 0 Å². The van der Waals surface area contributed by atoms with Gasteiger partial charge >= 0.3 is 0 Å². The van der Waals surface area contributed by atoms with E-state index >= 15 is 0 Å². The summed E-state index contributed by atoms with van der Waals surface area (Å²) < 4.78 is 0. The van der Waals surface area contributed by atoms with Gasteiger partial charge in [-0.1, -0.05) is 80.6 Å². The Labute approximate surface area is 191 Å². The summed E-state index contributed by atoms with van der Waals surface area (Å²) in [6.07, 6.45) is 2.48. The third-order valence-electron chi connectivity index (χ3n) is 6.03. The molecule has 4 nitrogen and oxygen atoms in total. The third-order valence-corrected chi connectivity index (χ3v) is 6.03. The number of benzene rings is 3. The van der Waals surface area contributed by atoms with E-state index in [1.54, 1.807) is 4.90 Å². The average Bonchev–Trinajstić information content (AvgIpc) is 2.82. The van der Waals surface area contributed by atoms with Gasteiger partial charge in [0.25, 0.3) is 0 Å². The number of hydrogen-bond donors (Lipinski definition) is 1. The zero-order valence-corrected chi connectivity index (χ0v) is 19.4. The molecule has 0 aromatic heterocycles. The van der Waals surface area contributed by atoms with E-state index in [1.807, 2.05) is 63.2 Å². The minimum absolute atomic E-state index is 0.0136. The minimum Gasteiger partial charge on any atom is -0.354 e. The number of nitrogens with one attached hydrogen (secondary N) is 1. The van der Waals surface area contributed by atoms with Crippen LogP contribution in [-0.2, 0) is 22.6 Å². The quantitative estimate of drug-likeness (QED) is 0.467. The zero-order chi connectivity index (χ0) is 22.9. The van der Waals surface area contributed by atoms with Crippen molar-refractivity contribution in [3.8, 4) is 0 Å². The Morgan fingerprint density at radius 1 is 0.906 bits per heavy atom. The summed E-state index contributed by atoms with van der Waals surface area (Å²) in [4.78, 5) is 28.2. The van der Waals surface area contributed by atoms with Crippen molar-refractivity contribution < 1.29 is 9.59 Å². The van der Waals surface area contributed by atoms with Crippen molar-refractivity contribution >= 4 is 22.6 Å². The van der Waals surface area contributed by atoms with E-state index in [2.05, 4.69) is 29.6 Å². The van der Waals surface area contributed by atoms with E-state index in [0.29, 0.717) is 32.4 Å². The summed E-state index contributed by atoms with van der Waals surface area (Å²) in [5.74, 6) is -0.0545. The normalized spacial score (nSPS) is 11.8. The molecule has 0 saturated heterocycles. The lowest BCUT2D eigenvalue weighted by molar-refractivity contribution is -0.141. The van der Waals surface area contributed by atoms with Gasteiger partial charge in [0.1, 0.15) is 6.04 Å². The van der Waals surface area contributed by atoms with Crippen LogP contribution in [0.15, 0.2) is 66.7 Å². The van der Waals surface area contributed by atoms with Crippen molar-refractivity contribution in [2.24, 2.45) is 0 Å². The monoisotopic (exact) mass is 430 g/mol. The van der Waals surface area contributed by atoms with Crippen molar-refractivity contribution in [2.75, 3.05) is 6.54 Å². The molecular formula is C28H34N2O2. The molecule has 3 rings (SSSR count). The SMILES string of the molecule is CCCNC(=O)[C@H](CC)N(Cc1ccccc1C)C(=O)CCc1cccc2ccccc12. The average molecular weight is 431 g/mol. The van der Waals surface area contributed by atoms with Crippen LogP contribution in [0.4, 0.5) is 0 Å². The molecule has 0 aliphatic heterocycles. The molecule has 0 saturated carbocycles. The lowest BCUT2D eigenvalue weighted by Crippen LogP contribution is -2.49. The van der Waals surface area contributed by atoms with Crippen LogP contribution in [0.3, 0.4) is 0 Å². The topological polar surface area (TPSA) is 49.4 Å². The van der Waals surface area contributed by atoms with Gasteiger partial charge in [0, 0.05) is 19.5 Å². The number of carbonyl (C=O) groups excluding carboxylic acids is 2. The Morgan fingerprint density at radius 3 is 2.34 bits per heavy atom. The first-order valence-electron chi connectivity index (χ1n) is 11.6. The molecule has 2 amide bonds. The van der Waals surface area contributed by atoms with Gasteiger partial charge in [0.2, 0.25) is 11.8 Å². The number of aryl methyl sites for hydroxylation is 2. The predicted molar refractivity (Wildman–Crippen MR) is 131 cm³/mol. The fourth-order valence-corrected chi connectivity index (χ4v) is 4.15. The highest BCUT2D eigenvalue weighted by Gasteiger charge is 2.28. The Balaban J connectivity index is 1.83. The van der Waals surface area contributed by atoms with E-state index < -0.39 is 6.04 Å². The van der Waals surface area contributed by atoms with Crippen molar-refractivity contribution in [1.29, 1.82) is 0 Å². The fraction of sp³-hybridized carbons (Fsp3) is 0.357. The number of fused-ring (bicyclic) bond motifs is 1. The maximum Gasteiger partial charge on any atom is 0.242 e. The maximum absolute atomic E-state index is 13.5. The van der Waals surface area contributed by atoms with Crippen LogP contribution < -0.4 is 5.32 Å². The highest BCUT2D eigenvalue weighted by atomic mass is 16.2. The number of rotatable bonds is 10. The Hall–Kier alpha value is -3.14. The highest BCUT2D eigenvalue weighted by molar-refractivity contribution is 5.89. The Morgan fingerprint density at radius 2 is 1.59 bits per heavy atom. The smallest absolute Gasteiger partial charge is 0.242 e. The summed E-state index contributed by atoms with van der Waals surface area (Å²) >= 11 is 0. The zero-order valence-electron chi connectivity index (χ0n) is 19.4. The lowest BCUT2D eigenvalue weighted by atomic mass is 10.00. The Kier molecular flexibility index (Phi) is 8.43. The predicted octanol–water partition coefficient (Wildman–Crippen LogP) is 5.41. The van der Waals surface area contributed by atoms with Gasteiger partial charge in [-0.2, -0.15) is 0 Å². The first-order chi connectivity index (χ1) is 15.5. The van der Waals surface area contributed by atoms with Gasteiger partial charge in [-0.05, 0) is 53.6 Å². The van der Waals surface area contributed by atoms with Crippen molar-refractivity contribution in [1.82, 2.24) is 10.2 Å². The largest absolute Gasteiger partial charge is 0.354 e.